The van der Waals surface area contributed by atoms with Gasteiger partial charge in [-0.3, -0.25) is 19.2 Å². The Kier molecular flexibility index (Phi) is 21.7. The Hall–Kier alpha value is -3.57. The minimum atomic E-state index is -3.33. The molecular weight excluding hydrogens is 1010 g/mol. The van der Waals surface area contributed by atoms with Crippen LogP contribution in [0, 0.1) is 0 Å². The number of carbonyl (C=O) groups is 5. The van der Waals surface area contributed by atoms with E-state index in [2.05, 4.69) is 21.3 Å². The number of hydrogen-bond acceptors (Lipinski definition) is 28. The molecule has 74 heavy (non-hydrogen) atoms. The molecule has 426 valence electrons. The van der Waals surface area contributed by atoms with Gasteiger partial charge < -0.3 is 140 Å². The van der Waals surface area contributed by atoms with Crippen molar-refractivity contribution in [2.45, 2.75) is 193 Å². The summed E-state index contributed by atoms with van der Waals surface area (Å²) in [6.45, 7) is -1.39. The molecule has 5 fully saturated rings. The number of carboxylic acid groups (broad SMARTS) is 1. The van der Waals surface area contributed by atoms with Crippen molar-refractivity contribution in [2.24, 2.45) is 0 Å². The highest BCUT2D eigenvalue weighted by Gasteiger charge is 2.62. The van der Waals surface area contributed by atoms with Crippen molar-refractivity contribution in [3.8, 4) is 0 Å². The van der Waals surface area contributed by atoms with E-state index in [9.17, 15) is 101 Å². The number of hydrogen-bond donors (Lipinski definition) is 19. The molecule has 0 aromatic rings. The van der Waals surface area contributed by atoms with Crippen LogP contribution in [0.4, 0.5) is 0 Å². The van der Waals surface area contributed by atoms with Crippen LogP contribution in [-0.4, -0.2) is 298 Å². The summed E-state index contributed by atoms with van der Waals surface area (Å²) >= 11 is 0. The summed E-state index contributed by atoms with van der Waals surface area (Å²) in [5.41, 5.74) is 0. The second kappa shape index (κ2) is 26.2. The molecular formula is C41H68N4O29. The highest BCUT2D eigenvalue weighted by atomic mass is 16.8. The van der Waals surface area contributed by atoms with Crippen molar-refractivity contribution in [1.29, 1.82) is 0 Å². The third-order valence-electron chi connectivity index (χ3n) is 12.9. The predicted octanol–water partition coefficient (Wildman–Crippen LogP) is -12.1. The minimum Gasteiger partial charge on any atom is -0.477 e. The molecule has 5 aliphatic rings. The zero-order valence-electron chi connectivity index (χ0n) is 40.1. The highest BCUT2D eigenvalue weighted by molar-refractivity contribution is 5.77. The Labute approximate surface area is 419 Å². The zero-order valence-corrected chi connectivity index (χ0v) is 40.1. The van der Waals surface area contributed by atoms with E-state index in [0.717, 1.165) is 27.7 Å². The third-order valence-corrected chi connectivity index (χ3v) is 12.9. The van der Waals surface area contributed by atoms with E-state index in [1.54, 1.807) is 0 Å². The van der Waals surface area contributed by atoms with E-state index in [4.69, 9.17) is 42.6 Å². The molecule has 0 aromatic carbocycles. The second-order valence-corrected chi connectivity index (χ2v) is 18.3. The molecule has 33 heteroatoms. The van der Waals surface area contributed by atoms with Crippen LogP contribution in [0.3, 0.4) is 0 Å². The number of aliphatic hydroxyl groups excluding tert-OH is 14. The first-order chi connectivity index (χ1) is 34.8. The van der Waals surface area contributed by atoms with Gasteiger partial charge in [-0.25, -0.2) is 4.79 Å². The van der Waals surface area contributed by atoms with E-state index in [-0.39, 0.29) is 0 Å². The maximum atomic E-state index is 13.5. The molecule has 0 spiro atoms. The van der Waals surface area contributed by atoms with Gasteiger partial charge in [-0.15, -0.1) is 0 Å². The van der Waals surface area contributed by atoms with Crippen LogP contribution in [0.5, 0.6) is 0 Å². The summed E-state index contributed by atoms with van der Waals surface area (Å²) in [7, 11) is 0. The lowest BCUT2D eigenvalue weighted by atomic mass is 9.88. The molecule has 0 aromatic heterocycles. The normalized spacial score (nSPS) is 43.6. The molecule has 4 amide bonds. The largest absolute Gasteiger partial charge is 0.477 e. The maximum absolute atomic E-state index is 13.5. The van der Waals surface area contributed by atoms with E-state index in [1.165, 1.54) is 0 Å². The number of aliphatic carboxylic acids is 1. The molecule has 0 saturated carbocycles. The molecule has 19 N–H and O–H groups in total. The summed E-state index contributed by atoms with van der Waals surface area (Å²) in [5, 5.41) is 172. The first-order valence-corrected chi connectivity index (χ1v) is 23.2. The molecule has 0 bridgehead atoms. The van der Waals surface area contributed by atoms with Crippen LogP contribution in [0.25, 0.3) is 0 Å². The predicted molar refractivity (Wildman–Crippen MR) is 230 cm³/mol. The molecule has 0 radical (unpaired) electrons. The van der Waals surface area contributed by atoms with E-state index >= 15 is 0 Å². The molecule has 5 saturated heterocycles. The van der Waals surface area contributed by atoms with Crippen molar-refractivity contribution in [1.82, 2.24) is 21.3 Å². The van der Waals surface area contributed by atoms with Gasteiger partial charge in [0, 0.05) is 34.1 Å². The van der Waals surface area contributed by atoms with E-state index in [0.29, 0.717) is 0 Å². The van der Waals surface area contributed by atoms with Crippen molar-refractivity contribution < 1.29 is 143 Å². The SMILES string of the molecule is CC(=O)N[C@@H]1[C@@H](O[C@@H]2O[C@H](CO)[C@@H](O[C@@H]3O[C@H](CO)[C@H](O[C@@H]4O[C@H](CO)[C@H](O)[C@H](O)[C@H]4NC(C)=O)[C@H](O[C@]4(C(=O)O)C[C@H](O)[C@@H](NC(C)=O)[C@H]([C@H](O)[C@H](O)CO)O4)[C@H]3O)[C@H](O)[C@H]2NC(C)=O)[C@@H](O)[C@@H](CO)O[C@H]1O. The lowest BCUT2D eigenvalue weighted by molar-refractivity contribution is -0.399. The van der Waals surface area contributed by atoms with E-state index in [1.807, 2.05) is 0 Å². The number of rotatable bonds is 20. The topological polar surface area (TPSA) is 520 Å². The molecule has 26 atom stereocenters. The summed E-state index contributed by atoms with van der Waals surface area (Å²) < 4.78 is 52.6. The van der Waals surface area contributed by atoms with Gasteiger partial charge in [0.1, 0.15) is 116 Å². The van der Waals surface area contributed by atoms with Gasteiger partial charge in [0.15, 0.2) is 25.2 Å². The molecule has 5 heterocycles. The summed E-state index contributed by atoms with van der Waals surface area (Å²) in [6.07, 6.45) is -43.8. The molecule has 33 nitrogen and oxygen atoms in total. The number of aliphatic hydroxyl groups is 14. The standard InChI is InChI=1S/C41H68N4O29/c1-11(51)42-21-15(55)5-41(40(64)65,73-34(21)25(57)16(56)6-46)74-35-30(62)39(69-20(10-50)32(35)71-37-22(43-12(2)52)28(60)26(58)17(7-47)67-37)70-31-19(9-49)68-38(23(29(31)61)44-13(3)53)72-33-24(45-14(4)54)36(63)66-18(8-48)27(33)59/h15-39,46-50,55-63H,5-10H2,1-4H3,(H,42,51)(H,43,52)(H,44,53)(H,45,54)(H,64,65)/t15-,16+,17+,18+,19+,20+,21+,22+,23+,24+,25+,26-,27-,28+,29+,30+,31+,32-,33+,34+,35+,36+,37-,38-,39-,41-/m0/s1. The Morgan fingerprint density at radius 3 is 1.49 bits per heavy atom. The zero-order chi connectivity index (χ0) is 55.3. The van der Waals surface area contributed by atoms with Crippen LogP contribution in [0.1, 0.15) is 34.1 Å². The molecule has 0 unspecified atom stereocenters. The number of amides is 4. The fourth-order valence-corrected chi connectivity index (χ4v) is 9.35. The van der Waals surface area contributed by atoms with Gasteiger partial charge in [0.2, 0.25) is 23.6 Å². The van der Waals surface area contributed by atoms with Crippen LogP contribution in [-0.2, 0) is 66.6 Å². The number of carboxylic acids is 1. The summed E-state index contributed by atoms with van der Waals surface area (Å²) in [4.78, 5) is 62.8. The number of nitrogens with one attached hydrogen (secondary N) is 4. The molecule has 5 aliphatic heterocycles. The van der Waals surface area contributed by atoms with Gasteiger partial charge in [-0.05, 0) is 0 Å². The van der Waals surface area contributed by atoms with Crippen LogP contribution < -0.4 is 21.3 Å². The average Bonchev–Trinajstić information content (AvgIpc) is 3.33. The van der Waals surface area contributed by atoms with Crippen molar-refractivity contribution >= 4 is 29.6 Å². The lowest BCUT2D eigenvalue weighted by Gasteiger charge is -2.52. The summed E-state index contributed by atoms with van der Waals surface area (Å²) in [6, 6.07) is -6.89. The van der Waals surface area contributed by atoms with Gasteiger partial charge in [-0.2, -0.15) is 0 Å². The van der Waals surface area contributed by atoms with Crippen LogP contribution >= 0.6 is 0 Å². The van der Waals surface area contributed by atoms with Crippen molar-refractivity contribution in [3.05, 3.63) is 0 Å². The second-order valence-electron chi connectivity index (χ2n) is 18.3. The Balaban J connectivity index is 1.58. The van der Waals surface area contributed by atoms with Gasteiger partial charge in [0.25, 0.3) is 5.79 Å². The maximum Gasteiger partial charge on any atom is 0.364 e. The van der Waals surface area contributed by atoms with Gasteiger partial charge in [0.05, 0.1) is 45.2 Å². The van der Waals surface area contributed by atoms with Crippen molar-refractivity contribution in [2.75, 3.05) is 33.0 Å². The minimum absolute atomic E-state index is 0.759. The van der Waals surface area contributed by atoms with Gasteiger partial charge >= 0.3 is 5.97 Å². The Morgan fingerprint density at radius 1 is 0.527 bits per heavy atom. The third kappa shape index (κ3) is 13.6. The fourth-order valence-electron chi connectivity index (χ4n) is 9.35. The highest BCUT2D eigenvalue weighted by Crippen LogP contribution is 2.40. The first kappa shape index (κ1) is 61.3. The molecule has 0 aliphatic carbocycles. The van der Waals surface area contributed by atoms with Gasteiger partial charge in [-0.1, -0.05) is 0 Å². The lowest BCUT2D eigenvalue weighted by Crippen LogP contribution is -2.72. The monoisotopic (exact) mass is 1080 g/mol. The first-order valence-electron chi connectivity index (χ1n) is 23.2. The Bertz CT molecular complexity index is 1900. The van der Waals surface area contributed by atoms with Crippen LogP contribution in [0.2, 0.25) is 0 Å². The number of carbonyl (C=O) groups excluding carboxylic acids is 4. The Morgan fingerprint density at radius 2 is 0.973 bits per heavy atom. The smallest absolute Gasteiger partial charge is 0.364 e. The summed E-state index contributed by atoms with van der Waals surface area (Å²) in [5.74, 6) is -8.80. The fraction of sp³-hybridized carbons (Fsp3) is 0.878. The van der Waals surface area contributed by atoms with Crippen LogP contribution in [0.15, 0.2) is 0 Å². The van der Waals surface area contributed by atoms with Crippen molar-refractivity contribution in [3.63, 3.8) is 0 Å². The quantitative estimate of drug-likeness (QED) is 0.0538. The number of ether oxygens (including phenoxy) is 9. The molecule has 5 rings (SSSR count). The average molecular weight is 1080 g/mol. The van der Waals surface area contributed by atoms with E-state index < -0.39 is 228 Å².